The smallest absolute Gasteiger partial charge is 0.191 e. The standard InChI is InChI=1S/C18H24N4O2/c1-3-20-18(21-11-12-24-16-8-6-10-19-14-16)22-13-15-7-4-5-9-17(15)23-2/h4-10,14H,3,11-13H2,1-2H3,(H2,20,21,22). The molecule has 1 aromatic carbocycles. The molecule has 0 radical (unpaired) electrons. The molecule has 0 atom stereocenters. The number of methoxy groups -OCH3 is 1. The van der Waals surface area contributed by atoms with Crippen LogP contribution in [0.2, 0.25) is 0 Å². The van der Waals surface area contributed by atoms with E-state index in [9.17, 15) is 0 Å². The highest BCUT2D eigenvalue weighted by atomic mass is 16.5. The van der Waals surface area contributed by atoms with E-state index in [1.165, 1.54) is 0 Å². The Balaban J connectivity index is 1.84. The van der Waals surface area contributed by atoms with Crippen molar-refractivity contribution < 1.29 is 9.47 Å². The molecule has 0 aliphatic carbocycles. The van der Waals surface area contributed by atoms with Gasteiger partial charge in [-0.05, 0) is 25.1 Å². The Labute approximate surface area is 142 Å². The minimum absolute atomic E-state index is 0.533. The second-order valence-electron chi connectivity index (χ2n) is 4.97. The van der Waals surface area contributed by atoms with Gasteiger partial charge in [-0.2, -0.15) is 0 Å². The van der Waals surface area contributed by atoms with Crippen LogP contribution in [0.25, 0.3) is 0 Å². The highest BCUT2D eigenvalue weighted by molar-refractivity contribution is 5.79. The van der Waals surface area contributed by atoms with Crippen molar-refractivity contribution in [1.29, 1.82) is 0 Å². The summed E-state index contributed by atoms with van der Waals surface area (Å²) in [5.74, 6) is 2.35. The average molecular weight is 328 g/mol. The van der Waals surface area contributed by atoms with Gasteiger partial charge in [-0.1, -0.05) is 18.2 Å². The number of pyridine rings is 1. The molecular formula is C18H24N4O2. The van der Waals surface area contributed by atoms with Crippen molar-refractivity contribution in [2.45, 2.75) is 13.5 Å². The zero-order chi connectivity index (χ0) is 17.0. The van der Waals surface area contributed by atoms with Gasteiger partial charge in [0.1, 0.15) is 18.1 Å². The van der Waals surface area contributed by atoms with E-state index in [2.05, 4.69) is 20.6 Å². The van der Waals surface area contributed by atoms with Gasteiger partial charge in [0.25, 0.3) is 0 Å². The third-order valence-corrected chi connectivity index (χ3v) is 3.24. The van der Waals surface area contributed by atoms with Gasteiger partial charge in [-0.15, -0.1) is 0 Å². The first-order valence-corrected chi connectivity index (χ1v) is 8.00. The quantitative estimate of drug-likeness (QED) is 0.442. The molecule has 0 fully saturated rings. The number of hydrogen-bond acceptors (Lipinski definition) is 4. The van der Waals surface area contributed by atoms with Crippen LogP contribution in [0.3, 0.4) is 0 Å². The van der Waals surface area contributed by atoms with E-state index in [-0.39, 0.29) is 0 Å². The Kier molecular flexibility index (Phi) is 7.40. The van der Waals surface area contributed by atoms with Crippen LogP contribution < -0.4 is 20.1 Å². The molecule has 0 saturated heterocycles. The van der Waals surface area contributed by atoms with E-state index in [0.29, 0.717) is 19.7 Å². The predicted molar refractivity (Wildman–Crippen MR) is 95.5 cm³/mol. The van der Waals surface area contributed by atoms with Gasteiger partial charge in [-0.3, -0.25) is 4.98 Å². The zero-order valence-corrected chi connectivity index (χ0v) is 14.2. The summed E-state index contributed by atoms with van der Waals surface area (Å²) in [5, 5.41) is 6.47. The van der Waals surface area contributed by atoms with Crippen molar-refractivity contribution in [3.63, 3.8) is 0 Å². The second-order valence-corrected chi connectivity index (χ2v) is 4.97. The van der Waals surface area contributed by atoms with Crippen LogP contribution in [-0.4, -0.2) is 37.7 Å². The number of rotatable bonds is 8. The highest BCUT2D eigenvalue weighted by Gasteiger charge is 2.02. The molecule has 0 spiro atoms. The van der Waals surface area contributed by atoms with Gasteiger partial charge >= 0.3 is 0 Å². The van der Waals surface area contributed by atoms with Gasteiger partial charge in [0.15, 0.2) is 5.96 Å². The number of nitrogens with one attached hydrogen (secondary N) is 2. The molecule has 2 N–H and O–H groups in total. The molecule has 1 aromatic heterocycles. The predicted octanol–water partition coefficient (Wildman–Crippen LogP) is 2.22. The third kappa shape index (κ3) is 5.79. The molecular weight excluding hydrogens is 304 g/mol. The number of benzene rings is 1. The fraction of sp³-hybridized carbons (Fsp3) is 0.333. The maximum absolute atomic E-state index is 5.61. The van der Waals surface area contributed by atoms with Crippen LogP contribution in [0.1, 0.15) is 12.5 Å². The summed E-state index contributed by atoms with van der Waals surface area (Å²) < 4.78 is 11.0. The van der Waals surface area contributed by atoms with Crippen molar-refractivity contribution >= 4 is 5.96 Å². The third-order valence-electron chi connectivity index (χ3n) is 3.24. The molecule has 0 amide bonds. The highest BCUT2D eigenvalue weighted by Crippen LogP contribution is 2.17. The normalized spacial score (nSPS) is 11.0. The number of ether oxygens (including phenoxy) is 2. The van der Waals surface area contributed by atoms with Crippen LogP contribution in [0.5, 0.6) is 11.5 Å². The number of aromatic nitrogens is 1. The maximum Gasteiger partial charge on any atom is 0.191 e. The van der Waals surface area contributed by atoms with Crippen molar-refractivity contribution in [1.82, 2.24) is 15.6 Å². The zero-order valence-electron chi connectivity index (χ0n) is 14.2. The molecule has 0 saturated carbocycles. The monoisotopic (exact) mass is 328 g/mol. The lowest BCUT2D eigenvalue weighted by Gasteiger charge is -2.12. The lowest BCUT2D eigenvalue weighted by molar-refractivity contribution is 0.320. The first-order chi connectivity index (χ1) is 11.8. The van der Waals surface area contributed by atoms with Crippen molar-refractivity contribution in [2.24, 2.45) is 4.99 Å². The molecule has 0 aliphatic rings. The molecule has 24 heavy (non-hydrogen) atoms. The van der Waals surface area contributed by atoms with Crippen molar-refractivity contribution in [3.05, 3.63) is 54.4 Å². The van der Waals surface area contributed by atoms with E-state index in [1.54, 1.807) is 19.5 Å². The molecule has 2 aromatic rings. The van der Waals surface area contributed by atoms with E-state index >= 15 is 0 Å². The Bertz CT molecular complexity index is 632. The Hall–Kier alpha value is -2.76. The molecule has 0 unspecified atom stereocenters. The lowest BCUT2D eigenvalue weighted by Crippen LogP contribution is -2.39. The first-order valence-electron chi connectivity index (χ1n) is 8.00. The first kappa shape index (κ1) is 17.6. The summed E-state index contributed by atoms with van der Waals surface area (Å²) >= 11 is 0. The molecule has 2 rings (SSSR count). The molecule has 6 heteroatoms. The van der Waals surface area contributed by atoms with E-state index in [4.69, 9.17) is 9.47 Å². The lowest BCUT2D eigenvalue weighted by atomic mass is 10.2. The van der Waals surface area contributed by atoms with Gasteiger partial charge in [-0.25, -0.2) is 4.99 Å². The minimum Gasteiger partial charge on any atom is -0.496 e. The second kappa shape index (κ2) is 10.1. The van der Waals surface area contributed by atoms with Gasteiger partial charge in [0.05, 0.1) is 26.4 Å². The van der Waals surface area contributed by atoms with Crippen LogP contribution >= 0.6 is 0 Å². The topological polar surface area (TPSA) is 67.8 Å². The summed E-state index contributed by atoms with van der Waals surface area (Å²) in [6.45, 7) is 4.55. The van der Waals surface area contributed by atoms with E-state index in [1.807, 2.05) is 43.3 Å². The van der Waals surface area contributed by atoms with E-state index in [0.717, 1.165) is 29.6 Å². The summed E-state index contributed by atoms with van der Waals surface area (Å²) in [4.78, 5) is 8.60. The summed E-state index contributed by atoms with van der Waals surface area (Å²) in [6, 6.07) is 11.6. The van der Waals surface area contributed by atoms with Crippen molar-refractivity contribution in [3.8, 4) is 11.5 Å². The maximum atomic E-state index is 5.61. The van der Waals surface area contributed by atoms with Crippen LogP contribution in [0, 0.1) is 0 Å². The van der Waals surface area contributed by atoms with Crippen molar-refractivity contribution in [2.75, 3.05) is 26.8 Å². The average Bonchev–Trinajstić information content (AvgIpc) is 2.64. The molecule has 0 aliphatic heterocycles. The SMILES string of the molecule is CCNC(=NCc1ccccc1OC)NCCOc1cccnc1. The Morgan fingerprint density at radius 3 is 2.79 bits per heavy atom. The molecule has 1 heterocycles. The fourth-order valence-electron chi connectivity index (χ4n) is 2.11. The number of para-hydroxylation sites is 1. The molecule has 6 nitrogen and oxygen atoms in total. The molecule has 128 valence electrons. The molecule has 0 bridgehead atoms. The summed E-state index contributed by atoms with van der Waals surface area (Å²) in [5.41, 5.74) is 1.05. The number of aliphatic imine (C=N–C) groups is 1. The summed E-state index contributed by atoms with van der Waals surface area (Å²) in [7, 11) is 1.67. The number of guanidine groups is 1. The van der Waals surface area contributed by atoms with Gasteiger partial charge in [0.2, 0.25) is 0 Å². The minimum atomic E-state index is 0.533. The van der Waals surface area contributed by atoms with E-state index < -0.39 is 0 Å². The number of nitrogens with zero attached hydrogens (tertiary/aromatic N) is 2. The van der Waals surface area contributed by atoms with Gasteiger partial charge in [0, 0.05) is 18.3 Å². The Morgan fingerprint density at radius 2 is 2.04 bits per heavy atom. The Morgan fingerprint density at radius 1 is 1.17 bits per heavy atom. The summed E-state index contributed by atoms with van der Waals surface area (Å²) in [6.07, 6.45) is 3.42. The fourth-order valence-corrected chi connectivity index (χ4v) is 2.11. The van der Waals surface area contributed by atoms with Crippen LogP contribution in [-0.2, 0) is 6.54 Å². The van der Waals surface area contributed by atoms with Crippen LogP contribution in [0.15, 0.2) is 53.8 Å². The largest absolute Gasteiger partial charge is 0.496 e. The van der Waals surface area contributed by atoms with Gasteiger partial charge < -0.3 is 20.1 Å². The van der Waals surface area contributed by atoms with Crippen LogP contribution in [0.4, 0.5) is 0 Å². The number of hydrogen-bond donors (Lipinski definition) is 2.